The number of aryl methyl sites for hydroxylation is 1. The largest absolute Gasteiger partial charge is 0.335 e. The summed E-state index contributed by atoms with van der Waals surface area (Å²) in [5.74, 6) is -0.181. The summed E-state index contributed by atoms with van der Waals surface area (Å²) in [5, 5.41) is 11.1. The maximum Gasteiger partial charge on any atom is 0.273 e. The van der Waals surface area contributed by atoms with E-state index in [4.69, 9.17) is 0 Å². The van der Waals surface area contributed by atoms with Crippen LogP contribution in [0.1, 0.15) is 29.8 Å². The molecular weight excluding hydrogens is 394 g/mol. The topological polar surface area (TPSA) is 110 Å². The number of anilines is 1. The molecule has 0 heterocycles. The molecule has 2 rings (SSSR count). The fraction of sp³-hybridized carbons (Fsp3) is 0.250. The SMILES string of the molecule is C=C(C)CN(CC)C(=O)c1ccc(NS(=O)(=O)c2ccc(C)c([N+](=O)[O-])c2)cc1. The number of nitro groups is 1. The van der Waals surface area contributed by atoms with Crippen LogP contribution in [0.25, 0.3) is 0 Å². The molecule has 0 saturated carbocycles. The fourth-order valence-corrected chi connectivity index (χ4v) is 3.76. The van der Waals surface area contributed by atoms with Crippen LogP contribution in [0.4, 0.5) is 11.4 Å². The number of nitro benzene ring substituents is 1. The fourth-order valence-electron chi connectivity index (χ4n) is 2.68. The summed E-state index contributed by atoms with van der Waals surface area (Å²) in [6.07, 6.45) is 0. The van der Waals surface area contributed by atoms with Crippen LogP contribution >= 0.6 is 0 Å². The summed E-state index contributed by atoms with van der Waals surface area (Å²) in [7, 11) is -4.02. The van der Waals surface area contributed by atoms with E-state index in [0.717, 1.165) is 11.6 Å². The summed E-state index contributed by atoms with van der Waals surface area (Å²) in [6.45, 7) is 10.0. The Morgan fingerprint density at radius 3 is 2.34 bits per heavy atom. The van der Waals surface area contributed by atoms with Crippen LogP contribution in [0.3, 0.4) is 0 Å². The molecular formula is C20H23N3O5S. The third kappa shape index (κ3) is 5.41. The standard InChI is InChI=1S/C20H23N3O5S/c1-5-22(13-14(2)3)20(24)16-7-9-17(10-8-16)21-29(27,28)18-11-6-15(4)19(12-18)23(25)26/h6-12,21H,2,5,13H2,1,3-4H3. The second-order valence-electron chi connectivity index (χ2n) is 6.66. The van der Waals surface area contributed by atoms with Gasteiger partial charge in [0.2, 0.25) is 0 Å². The van der Waals surface area contributed by atoms with Gasteiger partial charge < -0.3 is 4.90 Å². The molecule has 0 saturated heterocycles. The molecule has 0 fully saturated rings. The Bertz CT molecular complexity index is 1050. The summed E-state index contributed by atoms with van der Waals surface area (Å²) >= 11 is 0. The number of nitrogens with one attached hydrogen (secondary N) is 1. The van der Waals surface area contributed by atoms with Crippen molar-refractivity contribution < 1.29 is 18.1 Å². The van der Waals surface area contributed by atoms with Crippen molar-refractivity contribution in [3.63, 3.8) is 0 Å². The molecule has 0 spiro atoms. The molecule has 0 atom stereocenters. The summed E-state index contributed by atoms with van der Waals surface area (Å²) < 4.78 is 27.5. The van der Waals surface area contributed by atoms with E-state index in [1.807, 2.05) is 13.8 Å². The lowest BCUT2D eigenvalue weighted by molar-refractivity contribution is -0.385. The van der Waals surface area contributed by atoms with E-state index in [9.17, 15) is 23.3 Å². The molecule has 0 aliphatic rings. The first-order valence-electron chi connectivity index (χ1n) is 8.86. The van der Waals surface area contributed by atoms with Crippen LogP contribution in [-0.4, -0.2) is 37.2 Å². The third-order valence-corrected chi connectivity index (χ3v) is 5.58. The average molecular weight is 417 g/mol. The molecule has 0 unspecified atom stereocenters. The van der Waals surface area contributed by atoms with Crippen molar-refractivity contribution in [2.75, 3.05) is 17.8 Å². The Balaban J connectivity index is 2.22. The lowest BCUT2D eigenvalue weighted by Crippen LogP contribution is -2.32. The molecule has 8 nitrogen and oxygen atoms in total. The molecule has 0 radical (unpaired) electrons. The van der Waals surface area contributed by atoms with Gasteiger partial charge in [-0.1, -0.05) is 18.2 Å². The number of hydrogen-bond donors (Lipinski definition) is 1. The quantitative estimate of drug-likeness (QED) is 0.400. The third-order valence-electron chi connectivity index (χ3n) is 4.20. The highest BCUT2D eigenvalue weighted by Gasteiger charge is 2.20. The summed E-state index contributed by atoms with van der Waals surface area (Å²) in [6, 6.07) is 9.71. The number of benzene rings is 2. The smallest absolute Gasteiger partial charge is 0.273 e. The van der Waals surface area contributed by atoms with E-state index in [1.165, 1.54) is 43.3 Å². The molecule has 0 bridgehead atoms. The minimum atomic E-state index is -4.02. The Kier molecular flexibility index (Phi) is 6.76. The zero-order valence-corrected chi connectivity index (χ0v) is 17.3. The Morgan fingerprint density at radius 1 is 1.21 bits per heavy atom. The normalized spacial score (nSPS) is 11.0. The van der Waals surface area contributed by atoms with Crippen molar-refractivity contribution in [1.82, 2.24) is 4.90 Å². The zero-order valence-electron chi connectivity index (χ0n) is 16.5. The van der Waals surface area contributed by atoms with Crippen LogP contribution in [0, 0.1) is 17.0 Å². The number of amides is 1. The van der Waals surface area contributed by atoms with Gasteiger partial charge in [-0.25, -0.2) is 8.42 Å². The number of nitrogens with zero attached hydrogens (tertiary/aromatic N) is 2. The van der Waals surface area contributed by atoms with Crippen LogP contribution in [0.15, 0.2) is 59.5 Å². The number of carbonyl (C=O) groups excluding carboxylic acids is 1. The van der Waals surface area contributed by atoms with Gasteiger partial charge in [0.15, 0.2) is 0 Å². The van der Waals surface area contributed by atoms with E-state index in [2.05, 4.69) is 11.3 Å². The second-order valence-corrected chi connectivity index (χ2v) is 8.35. The van der Waals surface area contributed by atoms with Gasteiger partial charge in [0.25, 0.3) is 21.6 Å². The predicted octanol–water partition coefficient (Wildman–Crippen LogP) is 3.74. The lowest BCUT2D eigenvalue weighted by atomic mass is 10.1. The van der Waals surface area contributed by atoms with Gasteiger partial charge in [-0.3, -0.25) is 19.6 Å². The van der Waals surface area contributed by atoms with Gasteiger partial charge in [-0.05, 0) is 51.1 Å². The first-order valence-corrected chi connectivity index (χ1v) is 10.3. The van der Waals surface area contributed by atoms with Gasteiger partial charge in [0.1, 0.15) is 0 Å². The number of carbonyl (C=O) groups is 1. The molecule has 2 aromatic carbocycles. The highest BCUT2D eigenvalue weighted by molar-refractivity contribution is 7.92. The summed E-state index contributed by atoms with van der Waals surface area (Å²) in [5.41, 5.74) is 1.62. The van der Waals surface area contributed by atoms with Crippen LogP contribution in [0.2, 0.25) is 0 Å². The van der Waals surface area contributed by atoms with Crippen molar-refractivity contribution in [3.8, 4) is 0 Å². The molecule has 1 N–H and O–H groups in total. The Labute approximate surface area is 170 Å². The monoisotopic (exact) mass is 417 g/mol. The molecule has 154 valence electrons. The number of rotatable bonds is 8. The van der Waals surface area contributed by atoms with E-state index in [1.54, 1.807) is 4.90 Å². The molecule has 0 aromatic heterocycles. The van der Waals surface area contributed by atoms with Crippen molar-refractivity contribution in [2.45, 2.75) is 25.7 Å². The Morgan fingerprint density at radius 2 is 1.83 bits per heavy atom. The van der Waals surface area contributed by atoms with Crippen molar-refractivity contribution in [2.24, 2.45) is 0 Å². The summed E-state index contributed by atoms with van der Waals surface area (Å²) in [4.78, 5) is 24.4. The van der Waals surface area contributed by atoms with E-state index >= 15 is 0 Å². The van der Waals surface area contributed by atoms with E-state index in [-0.39, 0.29) is 22.2 Å². The molecule has 2 aromatic rings. The number of likely N-dealkylation sites (N-methyl/N-ethyl adjacent to an activating group) is 1. The van der Waals surface area contributed by atoms with Crippen LogP contribution in [0.5, 0.6) is 0 Å². The van der Waals surface area contributed by atoms with Crippen LogP contribution < -0.4 is 4.72 Å². The van der Waals surface area contributed by atoms with Gasteiger partial charge in [0.05, 0.1) is 9.82 Å². The highest BCUT2D eigenvalue weighted by atomic mass is 32.2. The van der Waals surface area contributed by atoms with Crippen LogP contribution in [-0.2, 0) is 10.0 Å². The Hall–Kier alpha value is -3.20. The molecule has 0 aliphatic carbocycles. The average Bonchev–Trinajstić information content (AvgIpc) is 2.65. The minimum absolute atomic E-state index is 0.181. The first kappa shape index (κ1) is 22.1. The van der Waals surface area contributed by atoms with Crippen molar-refractivity contribution in [3.05, 3.63) is 75.9 Å². The highest BCUT2D eigenvalue weighted by Crippen LogP contribution is 2.24. The predicted molar refractivity (Wildman–Crippen MR) is 111 cm³/mol. The van der Waals surface area contributed by atoms with E-state index < -0.39 is 14.9 Å². The first-order chi connectivity index (χ1) is 13.5. The lowest BCUT2D eigenvalue weighted by Gasteiger charge is -2.21. The van der Waals surface area contributed by atoms with Gasteiger partial charge in [-0.2, -0.15) is 0 Å². The number of sulfonamides is 1. The second kappa shape index (κ2) is 8.87. The van der Waals surface area contributed by atoms with Crippen molar-refractivity contribution >= 4 is 27.3 Å². The maximum absolute atomic E-state index is 12.6. The van der Waals surface area contributed by atoms with Crippen molar-refractivity contribution in [1.29, 1.82) is 0 Å². The zero-order chi connectivity index (χ0) is 21.8. The maximum atomic E-state index is 12.6. The minimum Gasteiger partial charge on any atom is -0.335 e. The van der Waals surface area contributed by atoms with Gasteiger partial charge in [0, 0.05) is 36.0 Å². The number of hydrogen-bond acceptors (Lipinski definition) is 5. The van der Waals surface area contributed by atoms with Gasteiger partial charge in [-0.15, -0.1) is 0 Å². The van der Waals surface area contributed by atoms with E-state index in [0.29, 0.717) is 24.2 Å². The molecule has 0 aliphatic heterocycles. The molecule has 1 amide bonds. The van der Waals surface area contributed by atoms with Gasteiger partial charge >= 0.3 is 0 Å². The molecule has 29 heavy (non-hydrogen) atoms. The molecule has 9 heteroatoms.